The van der Waals surface area contributed by atoms with Crippen molar-refractivity contribution in [2.45, 2.75) is 32.2 Å². The van der Waals surface area contributed by atoms with Crippen LogP contribution in [0.5, 0.6) is 0 Å². The van der Waals surface area contributed by atoms with E-state index in [0.29, 0.717) is 6.54 Å². The lowest BCUT2D eigenvalue weighted by Gasteiger charge is -2.30. The van der Waals surface area contributed by atoms with Crippen molar-refractivity contribution in [3.63, 3.8) is 0 Å². The molecule has 1 atom stereocenters. The summed E-state index contributed by atoms with van der Waals surface area (Å²) >= 11 is 1.74. The summed E-state index contributed by atoms with van der Waals surface area (Å²) in [6.45, 7) is 2.44. The van der Waals surface area contributed by atoms with E-state index < -0.39 is 0 Å². The number of likely N-dealkylation sites (N-methyl/N-ethyl adjacent to an activating group) is 2. The molecule has 0 spiro atoms. The third kappa shape index (κ3) is 2.50. The van der Waals surface area contributed by atoms with Gasteiger partial charge in [-0.15, -0.1) is 11.3 Å². The Labute approximate surface area is 106 Å². The van der Waals surface area contributed by atoms with E-state index in [4.69, 9.17) is 0 Å². The number of aryl methyl sites for hydroxylation is 2. The van der Waals surface area contributed by atoms with Crippen LogP contribution in [-0.2, 0) is 11.2 Å². The number of thiazole rings is 1. The lowest BCUT2D eigenvalue weighted by molar-refractivity contribution is -0.131. The van der Waals surface area contributed by atoms with Crippen molar-refractivity contribution < 1.29 is 4.79 Å². The summed E-state index contributed by atoms with van der Waals surface area (Å²) in [5, 5.41) is 4.02. The summed E-state index contributed by atoms with van der Waals surface area (Å²) in [7, 11) is 3.70. The fourth-order valence-electron chi connectivity index (χ4n) is 2.34. The van der Waals surface area contributed by atoms with Gasteiger partial charge in [-0.1, -0.05) is 0 Å². The van der Waals surface area contributed by atoms with E-state index in [-0.39, 0.29) is 11.9 Å². The molecule has 1 aliphatic carbocycles. The summed E-state index contributed by atoms with van der Waals surface area (Å²) in [5.74, 6) is 0.149. The zero-order valence-electron chi connectivity index (χ0n) is 10.6. The number of hydrogen-bond donors (Lipinski definition) is 1. The molecule has 1 amide bonds. The second-order valence-electron chi connectivity index (χ2n) is 4.49. The maximum absolute atomic E-state index is 11.9. The van der Waals surface area contributed by atoms with E-state index >= 15 is 0 Å². The molecule has 0 radical (unpaired) electrons. The Morgan fingerprint density at radius 1 is 1.65 bits per heavy atom. The van der Waals surface area contributed by atoms with Crippen molar-refractivity contribution in [1.82, 2.24) is 15.2 Å². The smallest absolute Gasteiger partial charge is 0.236 e. The number of rotatable bonds is 3. The second kappa shape index (κ2) is 5.14. The van der Waals surface area contributed by atoms with Gasteiger partial charge < -0.3 is 10.2 Å². The van der Waals surface area contributed by atoms with E-state index in [0.717, 1.165) is 24.3 Å². The van der Waals surface area contributed by atoms with Crippen LogP contribution < -0.4 is 5.32 Å². The van der Waals surface area contributed by atoms with Crippen LogP contribution >= 0.6 is 11.3 Å². The SMILES string of the molecule is CNCC(=O)N(C)C1CCCc2nc(C)sc21. The Bertz CT molecular complexity index is 416. The molecule has 0 aromatic carbocycles. The highest BCUT2D eigenvalue weighted by Gasteiger charge is 2.29. The molecule has 0 bridgehead atoms. The normalized spacial score (nSPS) is 18.9. The average molecular weight is 253 g/mol. The molecule has 0 saturated carbocycles. The Morgan fingerprint density at radius 3 is 3.12 bits per heavy atom. The van der Waals surface area contributed by atoms with Crippen molar-refractivity contribution in [3.05, 3.63) is 15.6 Å². The van der Waals surface area contributed by atoms with Gasteiger partial charge in [0.1, 0.15) is 0 Å². The predicted octanol–water partition coefficient (Wildman–Crippen LogP) is 1.51. The topological polar surface area (TPSA) is 45.2 Å². The molecular weight excluding hydrogens is 234 g/mol. The average Bonchev–Trinajstić information content (AvgIpc) is 2.68. The first-order valence-electron chi connectivity index (χ1n) is 6.00. The third-order valence-electron chi connectivity index (χ3n) is 3.22. The van der Waals surface area contributed by atoms with E-state index in [1.165, 1.54) is 10.6 Å². The van der Waals surface area contributed by atoms with Crippen LogP contribution in [0, 0.1) is 6.92 Å². The molecular formula is C12H19N3OS. The minimum atomic E-state index is 0.149. The van der Waals surface area contributed by atoms with Gasteiger partial charge in [0.15, 0.2) is 0 Å². The van der Waals surface area contributed by atoms with E-state index in [9.17, 15) is 4.79 Å². The molecule has 0 fully saturated rings. The first kappa shape index (κ1) is 12.5. The predicted molar refractivity (Wildman–Crippen MR) is 69.2 cm³/mol. The van der Waals surface area contributed by atoms with Gasteiger partial charge in [0, 0.05) is 7.05 Å². The van der Waals surface area contributed by atoms with Crippen LogP contribution in [0.3, 0.4) is 0 Å². The van der Waals surface area contributed by atoms with Crippen LogP contribution in [0.1, 0.15) is 34.5 Å². The fourth-order valence-corrected chi connectivity index (χ4v) is 3.49. The summed E-state index contributed by atoms with van der Waals surface area (Å²) in [4.78, 5) is 19.6. The molecule has 0 saturated heterocycles. The highest BCUT2D eigenvalue weighted by atomic mass is 32.1. The minimum absolute atomic E-state index is 0.149. The molecule has 4 nitrogen and oxygen atoms in total. The van der Waals surface area contributed by atoms with E-state index in [2.05, 4.69) is 10.3 Å². The van der Waals surface area contributed by atoms with E-state index in [1.807, 2.05) is 18.9 Å². The van der Waals surface area contributed by atoms with Crippen molar-refractivity contribution >= 4 is 17.2 Å². The standard InChI is InChI=1S/C12H19N3OS/c1-8-14-9-5-4-6-10(12(9)17-8)15(3)11(16)7-13-2/h10,13H,4-7H2,1-3H3. The zero-order valence-corrected chi connectivity index (χ0v) is 11.4. The number of nitrogens with one attached hydrogen (secondary N) is 1. The van der Waals surface area contributed by atoms with Crippen molar-refractivity contribution in [2.75, 3.05) is 20.6 Å². The van der Waals surface area contributed by atoms with Crippen LogP contribution in [-0.4, -0.2) is 36.4 Å². The monoisotopic (exact) mass is 253 g/mol. The maximum atomic E-state index is 11.9. The second-order valence-corrected chi connectivity index (χ2v) is 5.72. The Kier molecular flexibility index (Phi) is 3.79. The van der Waals surface area contributed by atoms with Gasteiger partial charge in [0.05, 0.1) is 28.2 Å². The quantitative estimate of drug-likeness (QED) is 0.888. The summed E-state index contributed by atoms with van der Waals surface area (Å²) in [6.07, 6.45) is 3.24. The first-order valence-corrected chi connectivity index (χ1v) is 6.81. The summed E-state index contributed by atoms with van der Waals surface area (Å²) < 4.78 is 0. The van der Waals surface area contributed by atoms with Gasteiger partial charge in [-0.2, -0.15) is 0 Å². The largest absolute Gasteiger partial charge is 0.337 e. The minimum Gasteiger partial charge on any atom is -0.337 e. The summed E-state index contributed by atoms with van der Waals surface area (Å²) in [6, 6.07) is 0.228. The number of amides is 1. The Balaban J connectivity index is 2.20. The molecule has 1 aromatic heterocycles. The number of carbonyl (C=O) groups is 1. The molecule has 1 aromatic rings. The van der Waals surface area contributed by atoms with Crippen molar-refractivity contribution in [3.8, 4) is 0 Å². The molecule has 2 rings (SSSR count). The molecule has 1 N–H and O–H groups in total. The molecule has 17 heavy (non-hydrogen) atoms. The van der Waals surface area contributed by atoms with Gasteiger partial charge in [-0.25, -0.2) is 4.98 Å². The summed E-state index contributed by atoms with van der Waals surface area (Å²) in [5.41, 5.74) is 1.20. The lowest BCUT2D eigenvalue weighted by atomic mass is 9.97. The fraction of sp³-hybridized carbons (Fsp3) is 0.667. The number of fused-ring (bicyclic) bond motifs is 1. The van der Waals surface area contributed by atoms with Crippen LogP contribution in [0.4, 0.5) is 0 Å². The van der Waals surface area contributed by atoms with Crippen LogP contribution in [0.25, 0.3) is 0 Å². The number of hydrogen-bond acceptors (Lipinski definition) is 4. The van der Waals surface area contributed by atoms with Gasteiger partial charge >= 0.3 is 0 Å². The van der Waals surface area contributed by atoms with Crippen LogP contribution in [0.15, 0.2) is 0 Å². The lowest BCUT2D eigenvalue weighted by Crippen LogP contribution is -2.37. The van der Waals surface area contributed by atoms with Crippen LogP contribution in [0.2, 0.25) is 0 Å². The molecule has 1 unspecified atom stereocenters. The van der Waals surface area contributed by atoms with Gasteiger partial charge in [-0.05, 0) is 33.2 Å². The third-order valence-corrected chi connectivity index (χ3v) is 4.33. The van der Waals surface area contributed by atoms with Gasteiger partial charge in [-0.3, -0.25) is 4.79 Å². The zero-order chi connectivity index (χ0) is 12.4. The molecule has 1 aliphatic rings. The van der Waals surface area contributed by atoms with Crippen molar-refractivity contribution in [2.24, 2.45) is 0 Å². The molecule has 1 heterocycles. The molecule has 5 heteroatoms. The van der Waals surface area contributed by atoms with Crippen molar-refractivity contribution in [1.29, 1.82) is 0 Å². The molecule has 0 aliphatic heterocycles. The highest BCUT2D eigenvalue weighted by molar-refractivity contribution is 7.11. The first-order chi connectivity index (χ1) is 8.13. The Hall–Kier alpha value is -0.940. The highest BCUT2D eigenvalue weighted by Crippen LogP contribution is 2.37. The Morgan fingerprint density at radius 2 is 2.41 bits per heavy atom. The maximum Gasteiger partial charge on any atom is 0.236 e. The number of nitrogens with zero attached hydrogens (tertiary/aromatic N) is 2. The van der Waals surface area contributed by atoms with Gasteiger partial charge in [0.25, 0.3) is 0 Å². The van der Waals surface area contributed by atoms with E-state index in [1.54, 1.807) is 18.4 Å². The number of carbonyl (C=O) groups excluding carboxylic acids is 1. The van der Waals surface area contributed by atoms with Gasteiger partial charge in [0.2, 0.25) is 5.91 Å². The molecule has 94 valence electrons. The number of aromatic nitrogens is 1.